The molecule has 0 unspecified atom stereocenters. The molecule has 0 radical (unpaired) electrons. The van der Waals surface area contributed by atoms with Gasteiger partial charge in [0.25, 0.3) is 0 Å². The quantitative estimate of drug-likeness (QED) is 0.375. The van der Waals surface area contributed by atoms with E-state index in [2.05, 4.69) is 21.9 Å². The van der Waals surface area contributed by atoms with Crippen molar-refractivity contribution in [1.29, 1.82) is 0 Å². The number of allylic oxidation sites excluding steroid dienone is 1. The Labute approximate surface area is 193 Å². The van der Waals surface area contributed by atoms with Crippen LogP contribution in [0.5, 0.6) is 5.75 Å². The van der Waals surface area contributed by atoms with Gasteiger partial charge < -0.3 is 15.5 Å². The molecule has 0 spiro atoms. The van der Waals surface area contributed by atoms with Crippen LogP contribution < -0.4 is 5.32 Å². The third-order valence-electron chi connectivity index (χ3n) is 4.64. The van der Waals surface area contributed by atoms with E-state index in [9.17, 15) is 9.90 Å². The first-order valence-electron chi connectivity index (χ1n) is 10.4. The summed E-state index contributed by atoms with van der Waals surface area (Å²) in [7, 11) is 0. The highest BCUT2D eigenvalue weighted by Crippen LogP contribution is 2.38. The number of aliphatic carboxylic acids is 1. The summed E-state index contributed by atoms with van der Waals surface area (Å²) in [6.07, 6.45) is 5.50. The van der Waals surface area contributed by atoms with Crippen molar-refractivity contribution in [2.45, 2.75) is 34.1 Å². The van der Waals surface area contributed by atoms with Crippen molar-refractivity contribution >= 4 is 46.6 Å². The Bertz CT molecular complexity index is 1170. The Morgan fingerprint density at radius 3 is 2.53 bits per heavy atom. The lowest BCUT2D eigenvalue weighted by Crippen LogP contribution is -2.10. The van der Waals surface area contributed by atoms with Crippen LogP contribution in [0.4, 0.5) is 5.95 Å². The molecule has 168 valence electrons. The van der Waals surface area contributed by atoms with Crippen molar-refractivity contribution in [2.75, 3.05) is 11.9 Å². The van der Waals surface area contributed by atoms with Gasteiger partial charge in [0.1, 0.15) is 5.75 Å². The van der Waals surface area contributed by atoms with E-state index in [-0.39, 0.29) is 18.7 Å². The van der Waals surface area contributed by atoms with E-state index >= 15 is 0 Å². The number of benzene rings is 2. The molecule has 1 heterocycles. The van der Waals surface area contributed by atoms with Crippen LogP contribution in [0, 0.1) is 6.92 Å². The van der Waals surface area contributed by atoms with Crippen LogP contribution in [-0.4, -0.2) is 32.7 Å². The number of fused-ring (bicyclic) bond motifs is 1. The van der Waals surface area contributed by atoms with Crippen molar-refractivity contribution < 1.29 is 15.0 Å². The van der Waals surface area contributed by atoms with E-state index in [1.54, 1.807) is 24.3 Å². The van der Waals surface area contributed by atoms with Crippen LogP contribution in [0.2, 0.25) is 5.02 Å². The second-order valence-electron chi connectivity index (χ2n) is 6.75. The fraction of sp³-hybridized carbons (Fsp3) is 0.240. The molecule has 3 aromatic rings. The second-order valence-corrected chi connectivity index (χ2v) is 7.16. The number of nitrogens with one attached hydrogen (secondary N) is 1. The highest BCUT2D eigenvalue weighted by Gasteiger charge is 2.15. The molecular weight excluding hydrogens is 426 g/mol. The molecule has 0 saturated carbocycles. The Balaban J connectivity index is 0.00000176. The largest absolute Gasteiger partial charge is 0.508 e. The van der Waals surface area contributed by atoms with Crippen LogP contribution in [-0.2, 0) is 4.79 Å². The number of halogens is 1. The predicted molar refractivity (Wildman–Crippen MR) is 133 cm³/mol. The van der Waals surface area contributed by atoms with Crippen molar-refractivity contribution in [1.82, 2.24) is 9.97 Å². The molecule has 0 aliphatic heterocycles. The van der Waals surface area contributed by atoms with Gasteiger partial charge >= 0.3 is 5.97 Å². The minimum Gasteiger partial charge on any atom is -0.508 e. The van der Waals surface area contributed by atoms with E-state index < -0.39 is 5.97 Å². The zero-order valence-electron chi connectivity index (χ0n) is 18.7. The number of aromatic hydroxyl groups is 1. The van der Waals surface area contributed by atoms with Crippen molar-refractivity contribution in [3.05, 3.63) is 58.8 Å². The summed E-state index contributed by atoms with van der Waals surface area (Å²) in [5.41, 5.74) is 4.53. The number of nitrogens with zero attached hydrogens (tertiary/aromatic N) is 2. The van der Waals surface area contributed by atoms with Gasteiger partial charge in [0, 0.05) is 22.5 Å². The average Bonchev–Trinajstić information content (AvgIpc) is 2.76. The standard InChI is InChI=1S/C23H22ClN3O3.C2H6/c1-4-6-16-14(5-2)9-15(28)10-18(16)19-12-21-17(11-20(19)24)13(3)26-23(27-21)25-8-7-22(29)30;1-2/h4-6,9-12,28H,2,7-8H2,1,3H3,(H,29,30)(H,25,26,27);1-2H3/b6-4-;. The van der Waals surface area contributed by atoms with E-state index in [0.717, 1.165) is 27.8 Å². The highest BCUT2D eigenvalue weighted by atomic mass is 35.5. The zero-order valence-corrected chi connectivity index (χ0v) is 19.5. The maximum absolute atomic E-state index is 10.7. The molecule has 3 rings (SSSR count). The average molecular weight is 454 g/mol. The third-order valence-corrected chi connectivity index (χ3v) is 4.95. The Hall–Kier alpha value is -3.38. The summed E-state index contributed by atoms with van der Waals surface area (Å²) >= 11 is 6.62. The summed E-state index contributed by atoms with van der Waals surface area (Å²) in [6.45, 7) is 11.8. The second kappa shape index (κ2) is 11.3. The van der Waals surface area contributed by atoms with Gasteiger partial charge in [-0.05, 0) is 54.8 Å². The van der Waals surface area contributed by atoms with Gasteiger partial charge in [-0.3, -0.25) is 4.79 Å². The summed E-state index contributed by atoms with van der Waals surface area (Å²) in [5.74, 6) is -0.433. The van der Waals surface area contributed by atoms with Gasteiger partial charge in [-0.25, -0.2) is 9.97 Å². The van der Waals surface area contributed by atoms with Crippen molar-refractivity contribution in [3.8, 4) is 16.9 Å². The lowest BCUT2D eigenvalue weighted by atomic mass is 9.93. The lowest BCUT2D eigenvalue weighted by molar-refractivity contribution is -0.136. The Kier molecular flexibility index (Phi) is 8.79. The summed E-state index contributed by atoms with van der Waals surface area (Å²) in [4.78, 5) is 19.7. The van der Waals surface area contributed by atoms with Crippen LogP contribution in [0.1, 0.15) is 44.0 Å². The fourth-order valence-electron chi connectivity index (χ4n) is 3.27. The zero-order chi connectivity index (χ0) is 23.8. The number of phenols is 1. The van der Waals surface area contributed by atoms with Crippen LogP contribution in [0.3, 0.4) is 0 Å². The molecule has 2 aromatic carbocycles. The minimum atomic E-state index is -0.896. The van der Waals surface area contributed by atoms with E-state index in [4.69, 9.17) is 16.7 Å². The molecular formula is C25H28ClN3O3. The molecule has 0 saturated heterocycles. The number of rotatable bonds is 7. The van der Waals surface area contributed by atoms with Crippen LogP contribution >= 0.6 is 11.6 Å². The molecule has 7 heteroatoms. The van der Waals surface area contributed by atoms with E-state index in [1.807, 2.05) is 45.9 Å². The molecule has 0 fully saturated rings. The highest BCUT2D eigenvalue weighted by molar-refractivity contribution is 6.34. The minimum absolute atomic E-state index is 0.0351. The number of carbonyl (C=O) groups is 1. The first-order chi connectivity index (χ1) is 15.3. The molecule has 0 bridgehead atoms. The van der Waals surface area contributed by atoms with Crippen LogP contribution in [0.25, 0.3) is 34.2 Å². The number of carboxylic acid groups (broad SMARTS) is 1. The molecule has 0 aliphatic carbocycles. The third kappa shape index (κ3) is 5.65. The fourth-order valence-corrected chi connectivity index (χ4v) is 3.54. The smallest absolute Gasteiger partial charge is 0.305 e. The van der Waals surface area contributed by atoms with Gasteiger partial charge in [0.05, 0.1) is 17.6 Å². The number of phenolic OH excluding ortho intramolecular Hbond substituents is 1. The van der Waals surface area contributed by atoms with Crippen molar-refractivity contribution in [2.24, 2.45) is 0 Å². The number of aryl methyl sites for hydroxylation is 1. The van der Waals surface area contributed by atoms with Gasteiger partial charge in [0.2, 0.25) is 5.95 Å². The molecule has 3 N–H and O–H groups in total. The monoisotopic (exact) mass is 453 g/mol. The van der Waals surface area contributed by atoms with Gasteiger partial charge in [-0.15, -0.1) is 0 Å². The Morgan fingerprint density at radius 2 is 1.91 bits per heavy atom. The number of aromatic nitrogens is 2. The maximum atomic E-state index is 10.7. The first kappa shape index (κ1) is 24.9. The summed E-state index contributed by atoms with van der Waals surface area (Å²) in [5, 5.41) is 23.3. The molecule has 1 aromatic heterocycles. The topological polar surface area (TPSA) is 95.3 Å². The van der Waals surface area contributed by atoms with Gasteiger partial charge in [-0.2, -0.15) is 0 Å². The van der Waals surface area contributed by atoms with Gasteiger partial charge in [0.15, 0.2) is 0 Å². The predicted octanol–water partition coefficient (Wildman–Crippen LogP) is 6.55. The normalized spacial score (nSPS) is 10.7. The van der Waals surface area contributed by atoms with Crippen LogP contribution in [0.15, 0.2) is 36.9 Å². The molecule has 0 atom stereocenters. The number of hydrogen-bond acceptors (Lipinski definition) is 5. The number of carboxylic acids is 1. The van der Waals surface area contributed by atoms with Gasteiger partial charge in [-0.1, -0.05) is 50.3 Å². The van der Waals surface area contributed by atoms with E-state index in [1.165, 1.54) is 0 Å². The molecule has 6 nitrogen and oxygen atoms in total. The molecule has 32 heavy (non-hydrogen) atoms. The first-order valence-corrected chi connectivity index (χ1v) is 10.8. The van der Waals surface area contributed by atoms with Crippen molar-refractivity contribution in [3.63, 3.8) is 0 Å². The lowest BCUT2D eigenvalue weighted by Gasteiger charge is -2.14. The number of anilines is 1. The SMILES string of the molecule is C=Cc1cc(O)cc(-c2cc3nc(NCCC(=O)O)nc(C)c3cc2Cl)c1/C=C\C.CC. The maximum Gasteiger partial charge on any atom is 0.305 e. The van der Waals surface area contributed by atoms with E-state index in [0.29, 0.717) is 22.1 Å². The molecule has 0 aliphatic rings. The Morgan fingerprint density at radius 1 is 1.19 bits per heavy atom. The molecule has 0 amide bonds. The summed E-state index contributed by atoms with van der Waals surface area (Å²) < 4.78 is 0. The summed E-state index contributed by atoms with van der Waals surface area (Å²) in [6, 6.07) is 6.97. The number of hydrogen-bond donors (Lipinski definition) is 3.